The number of carbonyl (C=O) groups is 2. The molecule has 0 aliphatic rings. The minimum absolute atomic E-state index is 0.473. The standard InChI is InChI=1S/C15H21N3O4S/c1-10(18-21)11-4-6-12(7-5-11)16-15(20)17-13(8-9-23-3)14(19)22-2/h4-7,13,21H,8-9H2,1-3H3,(H2,16,17,20)/b18-10+. The van der Waals surface area contributed by atoms with Crippen LogP contribution in [0.15, 0.2) is 29.4 Å². The topological polar surface area (TPSA) is 100 Å². The number of ether oxygens (including phenoxy) is 1. The number of benzene rings is 1. The Bertz CT molecular complexity index is 560. The third-order valence-electron chi connectivity index (χ3n) is 3.11. The molecule has 0 aliphatic heterocycles. The average molecular weight is 339 g/mol. The van der Waals surface area contributed by atoms with Crippen LogP contribution in [0.25, 0.3) is 0 Å². The number of thioether (sulfide) groups is 1. The summed E-state index contributed by atoms with van der Waals surface area (Å²) in [7, 11) is 1.29. The monoisotopic (exact) mass is 339 g/mol. The van der Waals surface area contributed by atoms with Gasteiger partial charge in [0.1, 0.15) is 6.04 Å². The molecule has 1 unspecified atom stereocenters. The van der Waals surface area contributed by atoms with Crippen molar-refractivity contribution in [2.24, 2.45) is 5.16 Å². The molecule has 2 amide bonds. The van der Waals surface area contributed by atoms with Crippen molar-refractivity contribution in [1.29, 1.82) is 0 Å². The maximum atomic E-state index is 12.0. The van der Waals surface area contributed by atoms with Crippen LogP contribution in [-0.4, -0.2) is 48.1 Å². The largest absolute Gasteiger partial charge is 0.467 e. The van der Waals surface area contributed by atoms with E-state index in [9.17, 15) is 9.59 Å². The van der Waals surface area contributed by atoms with Gasteiger partial charge in [0, 0.05) is 5.69 Å². The summed E-state index contributed by atoms with van der Waals surface area (Å²) in [5.74, 6) is 0.258. The smallest absolute Gasteiger partial charge is 0.328 e. The van der Waals surface area contributed by atoms with Crippen LogP contribution < -0.4 is 10.6 Å². The SMILES string of the molecule is COC(=O)C(CCSC)NC(=O)Nc1ccc(/C(C)=N/O)cc1. The maximum absolute atomic E-state index is 12.0. The number of hydrogen-bond acceptors (Lipinski definition) is 6. The molecule has 0 fully saturated rings. The van der Waals surface area contributed by atoms with Crippen molar-refractivity contribution in [3.63, 3.8) is 0 Å². The van der Waals surface area contributed by atoms with Crippen molar-refractivity contribution in [3.05, 3.63) is 29.8 Å². The minimum atomic E-state index is -0.685. The highest BCUT2D eigenvalue weighted by Gasteiger charge is 2.20. The van der Waals surface area contributed by atoms with E-state index in [-0.39, 0.29) is 0 Å². The van der Waals surface area contributed by atoms with Gasteiger partial charge in [0.25, 0.3) is 0 Å². The van der Waals surface area contributed by atoms with Crippen molar-refractivity contribution in [2.75, 3.05) is 24.4 Å². The fraction of sp³-hybridized carbons (Fsp3) is 0.400. The first-order valence-corrected chi connectivity index (χ1v) is 8.34. The molecule has 1 aromatic carbocycles. The Hall–Kier alpha value is -2.22. The average Bonchev–Trinajstić information content (AvgIpc) is 2.57. The van der Waals surface area contributed by atoms with Crippen molar-refractivity contribution in [3.8, 4) is 0 Å². The molecule has 0 aromatic heterocycles. The van der Waals surface area contributed by atoms with E-state index in [1.165, 1.54) is 7.11 Å². The third-order valence-corrected chi connectivity index (χ3v) is 3.76. The summed E-state index contributed by atoms with van der Waals surface area (Å²) >= 11 is 1.58. The molecule has 126 valence electrons. The summed E-state index contributed by atoms with van der Waals surface area (Å²) in [4.78, 5) is 23.6. The van der Waals surface area contributed by atoms with E-state index in [0.29, 0.717) is 17.8 Å². The molecule has 0 saturated carbocycles. The molecular formula is C15H21N3O4S. The molecule has 1 rings (SSSR count). The first-order valence-electron chi connectivity index (χ1n) is 6.95. The van der Waals surface area contributed by atoms with E-state index < -0.39 is 18.0 Å². The number of esters is 1. The van der Waals surface area contributed by atoms with E-state index in [4.69, 9.17) is 5.21 Å². The first kappa shape index (κ1) is 18.8. The lowest BCUT2D eigenvalue weighted by Crippen LogP contribution is -2.44. The highest BCUT2D eigenvalue weighted by Crippen LogP contribution is 2.11. The second-order valence-corrected chi connectivity index (χ2v) is 5.70. The van der Waals surface area contributed by atoms with Crippen LogP contribution in [0.5, 0.6) is 0 Å². The maximum Gasteiger partial charge on any atom is 0.328 e. The quantitative estimate of drug-likeness (QED) is 0.306. The molecule has 0 bridgehead atoms. The summed E-state index contributed by atoms with van der Waals surface area (Å²) in [5, 5.41) is 17.1. The third kappa shape index (κ3) is 6.19. The van der Waals surface area contributed by atoms with E-state index in [2.05, 4.69) is 20.5 Å². The molecule has 0 saturated heterocycles. The molecule has 8 heteroatoms. The number of methoxy groups -OCH3 is 1. The Balaban J connectivity index is 2.65. The molecule has 0 radical (unpaired) electrons. The second-order valence-electron chi connectivity index (χ2n) is 4.72. The molecule has 23 heavy (non-hydrogen) atoms. The van der Waals surface area contributed by atoms with Gasteiger partial charge in [0.15, 0.2) is 0 Å². The molecular weight excluding hydrogens is 318 g/mol. The number of anilines is 1. The molecule has 0 aliphatic carbocycles. The van der Waals surface area contributed by atoms with E-state index in [0.717, 1.165) is 11.3 Å². The number of nitrogens with zero attached hydrogens (tertiary/aromatic N) is 1. The number of rotatable bonds is 7. The molecule has 0 heterocycles. The summed E-state index contributed by atoms with van der Waals surface area (Å²) < 4.78 is 4.69. The number of hydrogen-bond donors (Lipinski definition) is 3. The van der Waals surface area contributed by atoms with Crippen LogP contribution in [0.2, 0.25) is 0 Å². The zero-order chi connectivity index (χ0) is 17.2. The Morgan fingerprint density at radius 3 is 2.52 bits per heavy atom. The van der Waals surface area contributed by atoms with Gasteiger partial charge >= 0.3 is 12.0 Å². The first-order chi connectivity index (χ1) is 11.0. The molecule has 7 nitrogen and oxygen atoms in total. The summed E-state index contributed by atoms with van der Waals surface area (Å²) in [5.41, 5.74) is 1.78. The summed E-state index contributed by atoms with van der Waals surface area (Å²) in [6.07, 6.45) is 2.42. The van der Waals surface area contributed by atoms with Crippen LogP contribution in [0, 0.1) is 0 Å². The van der Waals surface area contributed by atoms with Crippen LogP contribution in [0.3, 0.4) is 0 Å². The van der Waals surface area contributed by atoms with Crippen molar-refractivity contribution in [1.82, 2.24) is 5.32 Å². The number of amides is 2. The fourth-order valence-corrected chi connectivity index (χ4v) is 2.28. The van der Waals surface area contributed by atoms with Gasteiger partial charge in [-0.25, -0.2) is 9.59 Å². The predicted octanol–water partition coefficient (Wildman–Crippen LogP) is 2.30. The summed E-state index contributed by atoms with van der Waals surface area (Å²) in [6.45, 7) is 1.67. The molecule has 0 spiro atoms. The molecule has 1 aromatic rings. The highest BCUT2D eigenvalue weighted by molar-refractivity contribution is 7.98. The van der Waals surface area contributed by atoms with Crippen LogP contribution >= 0.6 is 11.8 Å². The molecule has 3 N–H and O–H groups in total. The normalized spacial score (nSPS) is 12.4. The zero-order valence-electron chi connectivity index (χ0n) is 13.3. The van der Waals surface area contributed by atoms with Crippen molar-refractivity contribution >= 4 is 35.2 Å². The minimum Gasteiger partial charge on any atom is -0.467 e. The number of oxime groups is 1. The lowest BCUT2D eigenvalue weighted by Gasteiger charge is -2.16. The van der Waals surface area contributed by atoms with Gasteiger partial charge in [0.2, 0.25) is 0 Å². The van der Waals surface area contributed by atoms with Crippen LogP contribution in [-0.2, 0) is 9.53 Å². The van der Waals surface area contributed by atoms with Crippen molar-refractivity contribution in [2.45, 2.75) is 19.4 Å². The van der Waals surface area contributed by atoms with E-state index >= 15 is 0 Å². The fourth-order valence-electron chi connectivity index (χ4n) is 1.80. The van der Waals surface area contributed by atoms with Gasteiger partial charge < -0.3 is 20.6 Å². The highest BCUT2D eigenvalue weighted by atomic mass is 32.2. The van der Waals surface area contributed by atoms with E-state index in [1.807, 2.05) is 6.26 Å². The zero-order valence-corrected chi connectivity index (χ0v) is 14.1. The molecule has 1 atom stereocenters. The van der Waals surface area contributed by atoms with Gasteiger partial charge in [-0.3, -0.25) is 0 Å². The second kappa shape index (κ2) is 9.73. The van der Waals surface area contributed by atoms with Crippen LogP contribution in [0.4, 0.5) is 10.5 Å². The van der Waals surface area contributed by atoms with E-state index in [1.54, 1.807) is 43.0 Å². The van der Waals surface area contributed by atoms with Gasteiger partial charge in [-0.1, -0.05) is 17.3 Å². The van der Waals surface area contributed by atoms with Gasteiger partial charge in [-0.15, -0.1) is 0 Å². The number of urea groups is 1. The Morgan fingerprint density at radius 1 is 1.35 bits per heavy atom. The van der Waals surface area contributed by atoms with Crippen molar-refractivity contribution < 1.29 is 19.5 Å². The Labute approximate surface area is 139 Å². The van der Waals surface area contributed by atoms with Gasteiger partial charge in [-0.2, -0.15) is 11.8 Å². The van der Waals surface area contributed by atoms with Crippen LogP contribution in [0.1, 0.15) is 18.9 Å². The number of nitrogens with one attached hydrogen (secondary N) is 2. The van der Waals surface area contributed by atoms with Gasteiger partial charge in [0.05, 0.1) is 12.8 Å². The Morgan fingerprint density at radius 2 is 2.00 bits per heavy atom. The lowest BCUT2D eigenvalue weighted by atomic mass is 10.1. The predicted molar refractivity (Wildman–Crippen MR) is 91.4 cm³/mol. The summed E-state index contributed by atoms with van der Waals surface area (Å²) in [6, 6.07) is 5.63. The van der Waals surface area contributed by atoms with Gasteiger partial charge in [-0.05, 0) is 43.0 Å². The number of carbonyl (C=O) groups excluding carboxylic acids is 2. The Kier molecular flexibility index (Phi) is 7.96. The lowest BCUT2D eigenvalue weighted by molar-refractivity contribution is -0.142.